The molecule has 1 aromatic carbocycles. The van der Waals surface area contributed by atoms with Crippen molar-refractivity contribution in [2.75, 3.05) is 5.32 Å². The van der Waals surface area contributed by atoms with Gasteiger partial charge in [0.25, 0.3) is 0 Å². The van der Waals surface area contributed by atoms with E-state index in [2.05, 4.69) is 20.8 Å². The van der Waals surface area contributed by atoms with Crippen LogP contribution in [0.5, 0.6) is 0 Å². The van der Waals surface area contributed by atoms with Crippen molar-refractivity contribution >= 4 is 23.7 Å². The van der Waals surface area contributed by atoms with Gasteiger partial charge in [-0.25, -0.2) is 9.78 Å². The van der Waals surface area contributed by atoms with E-state index < -0.39 is 23.9 Å². The summed E-state index contributed by atoms with van der Waals surface area (Å²) in [5.74, 6) is -2.08. The second-order valence-corrected chi connectivity index (χ2v) is 9.15. The fourth-order valence-electron chi connectivity index (χ4n) is 4.52. The van der Waals surface area contributed by atoms with Crippen LogP contribution in [0, 0.1) is 25.7 Å². The molecule has 2 amide bonds. The van der Waals surface area contributed by atoms with Crippen molar-refractivity contribution in [3.05, 3.63) is 65.0 Å². The number of nitrogens with one attached hydrogen (secondary N) is 2. The van der Waals surface area contributed by atoms with E-state index in [4.69, 9.17) is 9.26 Å². The monoisotopic (exact) mass is 506 g/mol. The summed E-state index contributed by atoms with van der Waals surface area (Å²) in [5, 5.41) is 19.1. The first-order valence-corrected chi connectivity index (χ1v) is 12.2. The Bertz CT molecular complexity index is 1270. The van der Waals surface area contributed by atoms with Crippen molar-refractivity contribution in [2.45, 2.75) is 52.7 Å². The van der Waals surface area contributed by atoms with Gasteiger partial charge in [0, 0.05) is 5.56 Å². The van der Waals surface area contributed by atoms with Crippen LogP contribution in [0.15, 0.2) is 47.0 Å². The van der Waals surface area contributed by atoms with Gasteiger partial charge >= 0.3 is 12.1 Å². The van der Waals surface area contributed by atoms with E-state index in [0.717, 1.165) is 18.4 Å². The highest BCUT2D eigenvalue weighted by molar-refractivity contribution is 5.95. The Morgan fingerprint density at radius 1 is 1.03 bits per heavy atom. The maximum atomic E-state index is 12.9. The van der Waals surface area contributed by atoms with Gasteiger partial charge in [0.2, 0.25) is 5.91 Å². The number of amides is 2. The van der Waals surface area contributed by atoms with Crippen molar-refractivity contribution in [3.8, 4) is 11.5 Å². The Morgan fingerprint density at radius 2 is 1.76 bits per heavy atom. The van der Waals surface area contributed by atoms with Crippen LogP contribution in [-0.4, -0.2) is 33.2 Å². The van der Waals surface area contributed by atoms with Crippen molar-refractivity contribution < 1.29 is 28.8 Å². The van der Waals surface area contributed by atoms with Gasteiger partial charge in [0.1, 0.15) is 12.3 Å². The number of aryl methyl sites for hydroxylation is 2. The van der Waals surface area contributed by atoms with Gasteiger partial charge in [-0.3, -0.25) is 9.59 Å². The van der Waals surface area contributed by atoms with E-state index in [1.165, 1.54) is 0 Å². The lowest BCUT2D eigenvalue weighted by atomic mass is 9.78. The third kappa shape index (κ3) is 6.32. The number of carboxylic acids is 1. The molecular formula is C27H30N4O6. The van der Waals surface area contributed by atoms with Gasteiger partial charge in [0.05, 0.1) is 35.5 Å². The second-order valence-electron chi connectivity index (χ2n) is 9.15. The molecule has 2 heterocycles. The highest BCUT2D eigenvalue weighted by Gasteiger charge is 2.36. The van der Waals surface area contributed by atoms with Crippen LogP contribution in [0.3, 0.4) is 0 Å². The van der Waals surface area contributed by atoms with Crippen LogP contribution >= 0.6 is 0 Å². The smallest absolute Gasteiger partial charge is 0.407 e. The number of ether oxygens (including phenoxy) is 1. The molecule has 0 bridgehead atoms. The van der Waals surface area contributed by atoms with E-state index in [1.807, 2.05) is 30.3 Å². The minimum atomic E-state index is -0.934. The van der Waals surface area contributed by atoms with Gasteiger partial charge in [-0.1, -0.05) is 48.3 Å². The van der Waals surface area contributed by atoms with Crippen LogP contribution in [0.1, 0.15) is 48.2 Å². The number of carboxylic acid groups (broad SMARTS) is 1. The molecule has 1 fully saturated rings. The van der Waals surface area contributed by atoms with E-state index in [1.54, 1.807) is 26.0 Å². The van der Waals surface area contributed by atoms with E-state index in [9.17, 15) is 19.5 Å². The molecule has 0 aliphatic heterocycles. The summed E-state index contributed by atoms with van der Waals surface area (Å²) in [6.45, 7) is 3.81. The zero-order chi connectivity index (χ0) is 26.4. The number of carbonyl (C=O) groups is 3. The largest absolute Gasteiger partial charge is 0.481 e. The summed E-state index contributed by atoms with van der Waals surface area (Å²) in [7, 11) is 0. The zero-order valence-electron chi connectivity index (χ0n) is 20.8. The average molecular weight is 507 g/mol. The van der Waals surface area contributed by atoms with Crippen LogP contribution in [-0.2, 0) is 27.5 Å². The van der Waals surface area contributed by atoms with Crippen molar-refractivity contribution in [1.82, 2.24) is 15.5 Å². The van der Waals surface area contributed by atoms with E-state index in [0.29, 0.717) is 46.9 Å². The molecule has 2 atom stereocenters. The second kappa shape index (κ2) is 11.7. The summed E-state index contributed by atoms with van der Waals surface area (Å²) < 4.78 is 10.8. The van der Waals surface area contributed by atoms with Crippen LogP contribution < -0.4 is 10.6 Å². The average Bonchev–Trinajstić information content (AvgIpc) is 3.27. The number of alkyl carbamates (subject to hydrolysis) is 1. The number of hydrogen-bond acceptors (Lipinski definition) is 7. The Hall–Kier alpha value is -4.21. The normalized spacial score (nSPS) is 17.1. The summed E-state index contributed by atoms with van der Waals surface area (Å²) in [6, 6.07) is 12.8. The first kappa shape index (κ1) is 25.9. The van der Waals surface area contributed by atoms with Gasteiger partial charge < -0.3 is 25.0 Å². The van der Waals surface area contributed by atoms with Crippen molar-refractivity contribution in [3.63, 3.8) is 0 Å². The fraction of sp³-hybridized carbons (Fsp3) is 0.370. The maximum Gasteiger partial charge on any atom is 0.407 e. The Morgan fingerprint density at radius 3 is 2.46 bits per heavy atom. The summed E-state index contributed by atoms with van der Waals surface area (Å²) in [5.41, 5.74) is 3.69. The number of benzene rings is 1. The van der Waals surface area contributed by atoms with Crippen LogP contribution in [0.4, 0.5) is 10.5 Å². The molecule has 4 rings (SSSR count). The van der Waals surface area contributed by atoms with Crippen molar-refractivity contribution in [1.29, 1.82) is 0 Å². The maximum absolute atomic E-state index is 12.9. The predicted octanol–water partition coefficient (Wildman–Crippen LogP) is 4.61. The molecule has 2 aromatic heterocycles. The number of nitrogens with zero attached hydrogens (tertiary/aromatic N) is 2. The Kier molecular flexibility index (Phi) is 8.17. The SMILES string of the molecule is Cc1nc(-c2onc(C)c2CNC(=O)OCc2ccccc2)ccc1NC(=O)C1CCCCC1C(=O)O. The third-order valence-corrected chi connectivity index (χ3v) is 6.60. The standard InChI is InChI=1S/C27H30N4O6/c1-16-21(14-28-27(35)36-15-18-8-4-3-5-9-18)24(37-31-16)23-13-12-22(17(2)29-23)30-25(32)19-10-6-7-11-20(19)26(33)34/h3-5,8-9,12-13,19-20H,6-7,10-11,14-15H2,1-2H3,(H,28,35)(H,30,32)(H,33,34). The molecule has 0 radical (unpaired) electrons. The first-order valence-electron chi connectivity index (χ1n) is 12.2. The molecule has 1 aliphatic rings. The molecule has 10 heteroatoms. The number of aromatic nitrogens is 2. The molecular weight excluding hydrogens is 476 g/mol. The number of aliphatic carboxylic acids is 1. The van der Waals surface area contributed by atoms with Crippen LogP contribution in [0.25, 0.3) is 11.5 Å². The third-order valence-electron chi connectivity index (χ3n) is 6.60. The molecule has 10 nitrogen and oxygen atoms in total. The molecule has 0 saturated heterocycles. The molecule has 3 aromatic rings. The topological polar surface area (TPSA) is 144 Å². The van der Waals surface area contributed by atoms with E-state index in [-0.39, 0.29) is 19.1 Å². The first-order chi connectivity index (χ1) is 17.8. The van der Waals surface area contributed by atoms with Crippen LogP contribution in [0.2, 0.25) is 0 Å². The molecule has 194 valence electrons. The summed E-state index contributed by atoms with van der Waals surface area (Å²) in [4.78, 5) is 41.2. The van der Waals surface area contributed by atoms with Gasteiger partial charge in [-0.15, -0.1) is 0 Å². The highest BCUT2D eigenvalue weighted by Crippen LogP contribution is 2.32. The fourth-order valence-corrected chi connectivity index (χ4v) is 4.52. The lowest BCUT2D eigenvalue weighted by molar-refractivity contribution is -0.147. The summed E-state index contributed by atoms with van der Waals surface area (Å²) >= 11 is 0. The number of rotatable bonds is 8. The van der Waals surface area contributed by atoms with Gasteiger partial charge in [-0.2, -0.15) is 0 Å². The minimum absolute atomic E-state index is 0.135. The minimum Gasteiger partial charge on any atom is -0.481 e. The van der Waals surface area contributed by atoms with Gasteiger partial charge in [0.15, 0.2) is 5.76 Å². The lowest BCUT2D eigenvalue weighted by Gasteiger charge is -2.27. The number of carbonyl (C=O) groups excluding carboxylic acids is 2. The zero-order valence-corrected chi connectivity index (χ0v) is 20.8. The number of hydrogen-bond donors (Lipinski definition) is 3. The predicted molar refractivity (Wildman–Crippen MR) is 134 cm³/mol. The molecule has 1 aliphatic carbocycles. The highest BCUT2D eigenvalue weighted by atomic mass is 16.5. The number of anilines is 1. The number of pyridine rings is 1. The molecule has 3 N–H and O–H groups in total. The Balaban J connectivity index is 1.41. The quantitative estimate of drug-likeness (QED) is 0.402. The molecule has 37 heavy (non-hydrogen) atoms. The molecule has 2 unspecified atom stereocenters. The van der Waals surface area contributed by atoms with Crippen molar-refractivity contribution in [2.24, 2.45) is 11.8 Å². The van der Waals surface area contributed by atoms with Gasteiger partial charge in [-0.05, 0) is 44.4 Å². The Labute approximate surface area is 214 Å². The van der Waals surface area contributed by atoms with E-state index >= 15 is 0 Å². The lowest BCUT2D eigenvalue weighted by Crippen LogP contribution is -2.36. The summed E-state index contributed by atoms with van der Waals surface area (Å²) in [6.07, 6.45) is 2.13. The molecule has 1 saturated carbocycles. The molecule has 0 spiro atoms.